The first-order valence-corrected chi connectivity index (χ1v) is 8.62. The number of benzene rings is 1. The molecule has 1 aliphatic heterocycles. The minimum absolute atomic E-state index is 0.0898. The summed E-state index contributed by atoms with van der Waals surface area (Å²) in [6.45, 7) is 5.13. The lowest BCUT2D eigenvalue weighted by Gasteiger charge is -2.38. The number of aromatic nitrogens is 1. The average molecular weight is 361 g/mol. The zero-order valence-corrected chi connectivity index (χ0v) is 14.8. The Bertz CT molecular complexity index is 730. The molecule has 0 radical (unpaired) electrons. The Morgan fingerprint density at radius 3 is 2.52 bits per heavy atom. The Morgan fingerprint density at radius 2 is 1.88 bits per heavy atom. The van der Waals surface area contributed by atoms with E-state index in [0.29, 0.717) is 10.8 Å². The number of hydrogen-bond acceptors (Lipinski definition) is 5. The number of anilines is 2. The van der Waals surface area contributed by atoms with E-state index >= 15 is 0 Å². The van der Waals surface area contributed by atoms with E-state index in [2.05, 4.69) is 20.1 Å². The third kappa shape index (κ3) is 4.21. The quantitative estimate of drug-likeness (QED) is 0.820. The van der Waals surface area contributed by atoms with Crippen molar-refractivity contribution in [3.63, 3.8) is 0 Å². The van der Waals surface area contributed by atoms with Crippen molar-refractivity contribution in [2.75, 3.05) is 36.4 Å². The monoisotopic (exact) mass is 360 g/mol. The first-order chi connectivity index (χ1) is 12.0. The summed E-state index contributed by atoms with van der Waals surface area (Å²) in [5.74, 6) is 0.176. The van der Waals surface area contributed by atoms with Gasteiger partial charge in [-0.15, -0.1) is 0 Å². The molecule has 1 amide bonds. The molecule has 3 rings (SSSR count). The number of nitrogens with zero attached hydrogens (tertiary/aromatic N) is 3. The number of carbonyl (C=O) groups is 1. The van der Waals surface area contributed by atoms with E-state index in [9.17, 15) is 9.90 Å². The normalized spacial score (nSPS) is 16.5. The maximum atomic E-state index is 12.5. The van der Waals surface area contributed by atoms with Gasteiger partial charge in [-0.25, -0.2) is 4.98 Å². The number of pyridine rings is 1. The molecule has 0 saturated carbocycles. The van der Waals surface area contributed by atoms with Crippen LogP contribution in [0, 0.1) is 0 Å². The predicted octanol–water partition coefficient (Wildman–Crippen LogP) is 2.59. The third-order valence-electron chi connectivity index (χ3n) is 4.47. The third-order valence-corrected chi connectivity index (χ3v) is 4.77. The summed E-state index contributed by atoms with van der Waals surface area (Å²) in [6, 6.07) is 10.4. The molecule has 6 nitrogen and oxygen atoms in total. The van der Waals surface area contributed by atoms with Crippen LogP contribution in [0.3, 0.4) is 0 Å². The van der Waals surface area contributed by atoms with Gasteiger partial charge in [0.05, 0.1) is 11.7 Å². The van der Waals surface area contributed by atoms with Crippen LogP contribution < -0.4 is 10.2 Å². The fraction of sp³-hybridized carbons (Fsp3) is 0.333. The van der Waals surface area contributed by atoms with Crippen LogP contribution in [0.2, 0.25) is 5.15 Å². The van der Waals surface area contributed by atoms with E-state index in [1.165, 1.54) is 0 Å². The minimum Gasteiger partial charge on any atom is -0.508 e. The summed E-state index contributed by atoms with van der Waals surface area (Å²) in [5.41, 5.74) is 1.61. The largest absolute Gasteiger partial charge is 0.508 e. The number of phenols is 1. The molecular weight excluding hydrogens is 340 g/mol. The Hall–Kier alpha value is -2.31. The minimum atomic E-state index is -0.252. The van der Waals surface area contributed by atoms with Gasteiger partial charge in [-0.05, 0) is 43.3 Å². The molecule has 1 aromatic carbocycles. The van der Waals surface area contributed by atoms with E-state index in [1.807, 2.05) is 19.1 Å². The summed E-state index contributed by atoms with van der Waals surface area (Å²) < 4.78 is 0. The Morgan fingerprint density at radius 1 is 1.20 bits per heavy atom. The van der Waals surface area contributed by atoms with E-state index in [1.54, 1.807) is 30.5 Å². The van der Waals surface area contributed by atoms with Crippen molar-refractivity contribution in [2.45, 2.75) is 13.0 Å². The molecule has 132 valence electrons. The van der Waals surface area contributed by atoms with Crippen LogP contribution >= 0.6 is 11.6 Å². The number of aromatic hydroxyl groups is 1. The van der Waals surface area contributed by atoms with Crippen molar-refractivity contribution >= 4 is 28.9 Å². The number of halogens is 1. The highest BCUT2D eigenvalue weighted by atomic mass is 35.5. The zero-order chi connectivity index (χ0) is 17.8. The molecule has 0 bridgehead atoms. The van der Waals surface area contributed by atoms with Crippen molar-refractivity contribution in [3.8, 4) is 5.75 Å². The molecule has 0 spiro atoms. The van der Waals surface area contributed by atoms with Crippen LogP contribution in [-0.2, 0) is 4.79 Å². The molecular formula is C18H21ClN4O2. The van der Waals surface area contributed by atoms with Crippen molar-refractivity contribution in [2.24, 2.45) is 0 Å². The van der Waals surface area contributed by atoms with Crippen LogP contribution in [0.5, 0.6) is 5.75 Å². The fourth-order valence-electron chi connectivity index (χ4n) is 2.91. The molecule has 7 heteroatoms. The predicted molar refractivity (Wildman–Crippen MR) is 99.2 cm³/mol. The molecule has 2 heterocycles. The molecule has 1 aromatic heterocycles. The van der Waals surface area contributed by atoms with Gasteiger partial charge in [-0.2, -0.15) is 0 Å². The Kier molecular flexibility index (Phi) is 5.40. The molecule has 1 fully saturated rings. The SMILES string of the molecule is C[C@@H](C(=O)Nc1cccnc1Cl)N1CCN(c2ccc(O)cc2)CC1. The number of amides is 1. The van der Waals surface area contributed by atoms with Gasteiger partial charge in [0.2, 0.25) is 5.91 Å². The number of rotatable bonds is 4. The Labute approximate surface area is 152 Å². The Balaban J connectivity index is 1.56. The smallest absolute Gasteiger partial charge is 0.241 e. The average Bonchev–Trinajstić information content (AvgIpc) is 2.64. The van der Waals surface area contributed by atoms with Crippen LogP contribution in [0.25, 0.3) is 0 Å². The molecule has 2 aromatic rings. The summed E-state index contributed by atoms with van der Waals surface area (Å²) in [4.78, 5) is 20.8. The van der Waals surface area contributed by atoms with Gasteiger partial charge in [-0.1, -0.05) is 11.6 Å². The molecule has 1 saturated heterocycles. The van der Waals surface area contributed by atoms with Gasteiger partial charge in [0.15, 0.2) is 5.15 Å². The lowest BCUT2D eigenvalue weighted by molar-refractivity contribution is -0.120. The summed E-state index contributed by atoms with van der Waals surface area (Å²) in [7, 11) is 0. The number of hydrogen-bond donors (Lipinski definition) is 2. The van der Waals surface area contributed by atoms with E-state index in [-0.39, 0.29) is 17.7 Å². The fourth-order valence-corrected chi connectivity index (χ4v) is 3.08. The van der Waals surface area contributed by atoms with E-state index in [0.717, 1.165) is 31.9 Å². The van der Waals surface area contributed by atoms with E-state index < -0.39 is 0 Å². The first-order valence-electron chi connectivity index (χ1n) is 8.24. The van der Waals surface area contributed by atoms with E-state index in [4.69, 9.17) is 11.6 Å². The highest BCUT2D eigenvalue weighted by Crippen LogP contribution is 2.21. The van der Waals surface area contributed by atoms with Gasteiger partial charge in [0, 0.05) is 38.1 Å². The lowest BCUT2D eigenvalue weighted by atomic mass is 10.2. The first kappa shape index (κ1) is 17.5. The number of piperazine rings is 1. The van der Waals surface area contributed by atoms with Gasteiger partial charge < -0.3 is 15.3 Å². The molecule has 0 aliphatic carbocycles. The van der Waals surface area contributed by atoms with Gasteiger partial charge >= 0.3 is 0 Å². The summed E-state index contributed by atoms with van der Waals surface area (Å²) >= 11 is 5.99. The summed E-state index contributed by atoms with van der Waals surface area (Å²) in [6.07, 6.45) is 1.59. The maximum Gasteiger partial charge on any atom is 0.241 e. The van der Waals surface area contributed by atoms with Gasteiger partial charge in [-0.3, -0.25) is 9.69 Å². The van der Waals surface area contributed by atoms with Crippen molar-refractivity contribution < 1.29 is 9.90 Å². The van der Waals surface area contributed by atoms with Crippen LogP contribution in [0.4, 0.5) is 11.4 Å². The highest BCUT2D eigenvalue weighted by molar-refractivity contribution is 6.32. The van der Waals surface area contributed by atoms with Crippen LogP contribution in [0.1, 0.15) is 6.92 Å². The number of phenolic OH excluding ortho intramolecular Hbond substituents is 1. The lowest BCUT2D eigenvalue weighted by Crippen LogP contribution is -2.52. The standard InChI is InChI=1S/C18H21ClN4O2/c1-13(18(25)21-16-3-2-8-20-17(16)19)22-9-11-23(12-10-22)14-4-6-15(24)7-5-14/h2-8,13,24H,9-12H2,1H3,(H,21,25)/t13-/m0/s1. The second-order valence-electron chi connectivity index (χ2n) is 6.05. The molecule has 1 atom stereocenters. The summed E-state index contributed by atoms with van der Waals surface area (Å²) in [5, 5.41) is 12.5. The second-order valence-corrected chi connectivity index (χ2v) is 6.40. The maximum absolute atomic E-state index is 12.5. The van der Waals surface area contributed by atoms with Crippen LogP contribution in [-0.4, -0.2) is 53.1 Å². The zero-order valence-electron chi connectivity index (χ0n) is 14.0. The second kappa shape index (κ2) is 7.72. The molecule has 0 unspecified atom stereocenters. The van der Waals surface area contributed by atoms with Crippen molar-refractivity contribution in [1.82, 2.24) is 9.88 Å². The number of nitrogens with one attached hydrogen (secondary N) is 1. The van der Waals surface area contributed by atoms with Crippen molar-refractivity contribution in [3.05, 3.63) is 47.7 Å². The number of carbonyl (C=O) groups excluding carboxylic acids is 1. The molecule has 25 heavy (non-hydrogen) atoms. The highest BCUT2D eigenvalue weighted by Gasteiger charge is 2.26. The molecule has 1 aliphatic rings. The van der Waals surface area contributed by atoms with Gasteiger partial charge in [0.1, 0.15) is 5.75 Å². The molecule has 2 N–H and O–H groups in total. The van der Waals surface area contributed by atoms with Gasteiger partial charge in [0.25, 0.3) is 0 Å². The topological polar surface area (TPSA) is 68.7 Å². The van der Waals surface area contributed by atoms with Crippen LogP contribution in [0.15, 0.2) is 42.6 Å². The van der Waals surface area contributed by atoms with Crippen molar-refractivity contribution in [1.29, 1.82) is 0 Å².